The zero-order chi connectivity index (χ0) is 10.8. The Morgan fingerprint density at radius 1 is 1.50 bits per heavy atom. The van der Waals surface area contributed by atoms with Crippen LogP contribution in [0.1, 0.15) is 17.2 Å². The predicted octanol–water partition coefficient (Wildman–Crippen LogP) is 2.21. The van der Waals surface area contributed by atoms with Crippen LogP contribution in [0.3, 0.4) is 0 Å². The maximum absolute atomic E-state index is 10.9. The van der Waals surface area contributed by atoms with Gasteiger partial charge in [0.15, 0.2) is 0 Å². The highest BCUT2D eigenvalue weighted by Gasteiger charge is 2.24. The summed E-state index contributed by atoms with van der Waals surface area (Å²) in [5, 5.41) is 2.72. The highest BCUT2D eigenvalue weighted by Crippen LogP contribution is 2.25. The van der Waals surface area contributed by atoms with Gasteiger partial charge in [-0.2, -0.15) is 0 Å². The van der Waals surface area contributed by atoms with Gasteiger partial charge in [0.05, 0.1) is 13.2 Å². The number of halogens is 1. The summed E-state index contributed by atoms with van der Waals surface area (Å²) in [5.41, 5.74) is 2.08. The minimum absolute atomic E-state index is 0. The Hall–Kier alpha value is -1.42. The molecule has 1 atom stereocenters. The monoisotopic (exact) mass is 243 g/mol. The van der Waals surface area contributed by atoms with Crippen molar-refractivity contribution in [3.8, 4) is 5.75 Å². The standard InChI is InChI=1S/C11H13NO3.ClH/c1-7-3-4-8(5-10(7)14-2)9-6-15-11(13)12-9;/h3-5,9H,6H2,1-2H3,(H,12,13);1H/t9-;/m1./s1. The number of ether oxygens (including phenoxy) is 2. The first-order valence-corrected chi connectivity index (χ1v) is 4.78. The smallest absolute Gasteiger partial charge is 0.407 e. The van der Waals surface area contributed by atoms with Gasteiger partial charge in [0.25, 0.3) is 0 Å². The molecule has 0 aliphatic carbocycles. The van der Waals surface area contributed by atoms with Crippen molar-refractivity contribution >= 4 is 18.5 Å². The molecular formula is C11H14ClNO3. The van der Waals surface area contributed by atoms with Crippen LogP contribution >= 0.6 is 12.4 Å². The molecule has 1 aliphatic rings. The summed E-state index contributed by atoms with van der Waals surface area (Å²) in [7, 11) is 1.63. The number of methoxy groups -OCH3 is 1. The lowest BCUT2D eigenvalue weighted by Crippen LogP contribution is -2.18. The van der Waals surface area contributed by atoms with E-state index in [9.17, 15) is 4.79 Å². The molecule has 2 rings (SSSR count). The molecule has 1 heterocycles. The Labute approximate surface area is 100 Å². The first-order valence-electron chi connectivity index (χ1n) is 4.78. The summed E-state index contributed by atoms with van der Waals surface area (Å²) in [5.74, 6) is 0.827. The van der Waals surface area contributed by atoms with Crippen LogP contribution in [-0.4, -0.2) is 19.8 Å². The fourth-order valence-electron chi connectivity index (χ4n) is 1.62. The number of alkyl carbamates (subject to hydrolysis) is 1. The lowest BCUT2D eigenvalue weighted by Gasteiger charge is -2.11. The molecule has 4 nitrogen and oxygen atoms in total. The van der Waals surface area contributed by atoms with Gasteiger partial charge in [0.2, 0.25) is 0 Å². The zero-order valence-corrected chi connectivity index (χ0v) is 9.97. The van der Waals surface area contributed by atoms with Crippen LogP contribution in [0, 0.1) is 6.92 Å². The Balaban J connectivity index is 0.00000128. The summed E-state index contributed by atoms with van der Waals surface area (Å²) in [6, 6.07) is 5.80. The van der Waals surface area contributed by atoms with E-state index >= 15 is 0 Å². The molecule has 1 saturated heterocycles. The number of carbonyl (C=O) groups excluding carboxylic acids is 1. The van der Waals surface area contributed by atoms with E-state index in [0.29, 0.717) is 6.61 Å². The molecule has 0 unspecified atom stereocenters. The molecule has 0 aromatic heterocycles. The van der Waals surface area contributed by atoms with Crippen molar-refractivity contribution in [2.75, 3.05) is 13.7 Å². The van der Waals surface area contributed by atoms with Gasteiger partial charge in [-0.1, -0.05) is 12.1 Å². The second-order valence-electron chi connectivity index (χ2n) is 3.52. The van der Waals surface area contributed by atoms with Gasteiger partial charge < -0.3 is 14.8 Å². The number of amides is 1. The highest BCUT2D eigenvalue weighted by atomic mass is 35.5. The highest BCUT2D eigenvalue weighted by molar-refractivity contribution is 5.85. The Kier molecular flexibility index (Phi) is 4.01. The number of rotatable bonds is 2. The number of aryl methyl sites for hydroxylation is 1. The third-order valence-electron chi connectivity index (χ3n) is 2.51. The Morgan fingerprint density at radius 2 is 2.25 bits per heavy atom. The van der Waals surface area contributed by atoms with Crippen LogP contribution in [0.4, 0.5) is 4.79 Å². The van der Waals surface area contributed by atoms with E-state index in [1.54, 1.807) is 7.11 Å². The first kappa shape index (κ1) is 12.6. The molecule has 16 heavy (non-hydrogen) atoms. The molecular weight excluding hydrogens is 230 g/mol. The zero-order valence-electron chi connectivity index (χ0n) is 9.15. The van der Waals surface area contributed by atoms with Crippen LogP contribution in [-0.2, 0) is 4.74 Å². The average Bonchev–Trinajstić information content (AvgIpc) is 2.66. The summed E-state index contributed by atoms with van der Waals surface area (Å²) in [6.45, 7) is 2.36. The van der Waals surface area contributed by atoms with Crippen molar-refractivity contribution in [3.05, 3.63) is 29.3 Å². The summed E-state index contributed by atoms with van der Waals surface area (Å²) < 4.78 is 10.1. The van der Waals surface area contributed by atoms with E-state index in [-0.39, 0.29) is 24.5 Å². The number of carbonyl (C=O) groups is 1. The van der Waals surface area contributed by atoms with Gasteiger partial charge in [-0.05, 0) is 24.1 Å². The molecule has 1 aliphatic heterocycles. The molecule has 0 spiro atoms. The molecule has 5 heteroatoms. The van der Waals surface area contributed by atoms with Gasteiger partial charge in [0.1, 0.15) is 12.4 Å². The SMILES string of the molecule is COc1cc([C@H]2COC(=O)N2)ccc1C.Cl. The summed E-state index contributed by atoms with van der Waals surface area (Å²) in [6.07, 6.45) is -0.362. The molecule has 0 bridgehead atoms. The minimum Gasteiger partial charge on any atom is -0.496 e. The second-order valence-corrected chi connectivity index (χ2v) is 3.52. The van der Waals surface area contributed by atoms with Crippen LogP contribution in [0.15, 0.2) is 18.2 Å². The summed E-state index contributed by atoms with van der Waals surface area (Å²) >= 11 is 0. The topological polar surface area (TPSA) is 47.6 Å². The largest absolute Gasteiger partial charge is 0.496 e. The molecule has 1 aromatic carbocycles. The van der Waals surface area contributed by atoms with E-state index in [0.717, 1.165) is 16.9 Å². The number of nitrogens with one attached hydrogen (secondary N) is 1. The number of cyclic esters (lactones) is 1. The maximum Gasteiger partial charge on any atom is 0.407 e. The van der Waals surface area contributed by atoms with Crippen LogP contribution in [0.5, 0.6) is 5.75 Å². The molecule has 1 fully saturated rings. The number of hydrogen-bond donors (Lipinski definition) is 1. The van der Waals surface area contributed by atoms with Gasteiger partial charge in [-0.25, -0.2) is 4.79 Å². The van der Waals surface area contributed by atoms with Crippen LogP contribution in [0.25, 0.3) is 0 Å². The quantitative estimate of drug-likeness (QED) is 0.866. The van der Waals surface area contributed by atoms with E-state index in [1.165, 1.54) is 0 Å². The lowest BCUT2D eigenvalue weighted by molar-refractivity contribution is 0.177. The third kappa shape index (κ3) is 2.39. The van der Waals surface area contributed by atoms with Gasteiger partial charge in [-0.15, -0.1) is 12.4 Å². The van der Waals surface area contributed by atoms with E-state index in [4.69, 9.17) is 9.47 Å². The van der Waals surface area contributed by atoms with E-state index in [2.05, 4.69) is 5.32 Å². The predicted molar refractivity (Wildman–Crippen MR) is 62.2 cm³/mol. The number of benzene rings is 1. The van der Waals surface area contributed by atoms with Crippen molar-refractivity contribution in [3.63, 3.8) is 0 Å². The fourth-order valence-corrected chi connectivity index (χ4v) is 1.62. The fraction of sp³-hybridized carbons (Fsp3) is 0.364. The summed E-state index contributed by atoms with van der Waals surface area (Å²) in [4.78, 5) is 10.9. The Bertz CT molecular complexity index is 395. The van der Waals surface area contributed by atoms with Crippen molar-refractivity contribution < 1.29 is 14.3 Å². The maximum atomic E-state index is 10.9. The van der Waals surface area contributed by atoms with Crippen molar-refractivity contribution in [2.24, 2.45) is 0 Å². The number of hydrogen-bond acceptors (Lipinski definition) is 3. The minimum atomic E-state index is -0.362. The average molecular weight is 244 g/mol. The molecule has 0 radical (unpaired) electrons. The Morgan fingerprint density at radius 3 is 2.81 bits per heavy atom. The van der Waals surface area contributed by atoms with Crippen molar-refractivity contribution in [1.82, 2.24) is 5.32 Å². The normalized spacial score (nSPS) is 18.4. The van der Waals surface area contributed by atoms with Crippen LogP contribution in [0.2, 0.25) is 0 Å². The van der Waals surface area contributed by atoms with Gasteiger partial charge >= 0.3 is 6.09 Å². The van der Waals surface area contributed by atoms with Crippen molar-refractivity contribution in [2.45, 2.75) is 13.0 Å². The van der Waals surface area contributed by atoms with E-state index in [1.807, 2.05) is 25.1 Å². The molecule has 1 N–H and O–H groups in total. The van der Waals surface area contributed by atoms with Crippen LogP contribution < -0.4 is 10.1 Å². The first-order chi connectivity index (χ1) is 7.20. The van der Waals surface area contributed by atoms with E-state index < -0.39 is 0 Å². The molecule has 1 aromatic rings. The van der Waals surface area contributed by atoms with Gasteiger partial charge in [0, 0.05) is 0 Å². The van der Waals surface area contributed by atoms with Gasteiger partial charge in [-0.3, -0.25) is 0 Å². The van der Waals surface area contributed by atoms with Crippen molar-refractivity contribution in [1.29, 1.82) is 0 Å². The lowest BCUT2D eigenvalue weighted by atomic mass is 10.1. The molecule has 0 saturated carbocycles. The molecule has 1 amide bonds. The second kappa shape index (κ2) is 5.07. The third-order valence-corrected chi connectivity index (χ3v) is 2.51. The molecule has 88 valence electrons.